The van der Waals surface area contributed by atoms with E-state index in [9.17, 15) is 9.59 Å². The van der Waals surface area contributed by atoms with E-state index >= 15 is 0 Å². The first kappa shape index (κ1) is 14.7. The van der Waals surface area contributed by atoms with Gasteiger partial charge in [-0.2, -0.15) is 5.26 Å². The molecule has 1 aromatic rings. The van der Waals surface area contributed by atoms with Crippen LogP contribution in [0.15, 0.2) is 24.3 Å². The average Bonchev–Trinajstić information content (AvgIpc) is 2.39. The fourth-order valence-corrected chi connectivity index (χ4v) is 1.37. The van der Waals surface area contributed by atoms with E-state index in [1.54, 1.807) is 24.3 Å². The van der Waals surface area contributed by atoms with Crippen LogP contribution in [0.25, 0.3) is 0 Å². The maximum atomic E-state index is 11.6. The van der Waals surface area contributed by atoms with E-state index < -0.39 is 11.8 Å². The standard InChI is InChI=1S/C14H17N3O2/c1-10(2)7-8-16-13(18)14(19)17-12-5-3-11(9-15)4-6-12/h3-6,10H,7-8H2,1-2H3,(H,16,18)(H,17,19). The van der Waals surface area contributed by atoms with E-state index in [4.69, 9.17) is 5.26 Å². The summed E-state index contributed by atoms with van der Waals surface area (Å²) >= 11 is 0. The zero-order valence-electron chi connectivity index (χ0n) is 11.1. The second kappa shape index (κ2) is 7.17. The minimum atomic E-state index is -0.700. The molecule has 0 spiro atoms. The summed E-state index contributed by atoms with van der Waals surface area (Å²) < 4.78 is 0. The van der Waals surface area contributed by atoms with Gasteiger partial charge in [-0.15, -0.1) is 0 Å². The Balaban J connectivity index is 2.45. The van der Waals surface area contributed by atoms with E-state index in [2.05, 4.69) is 10.6 Å². The molecule has 5 heteroatoms. The first-order valence-corrected chi connectivity index (χ1v) is 6.12. The zero-order valence-corrected chi connectivity index (χ0v) is 11.1. The molecule has 0 radical (unpaired) electrons. The summed E-state index contributed by atoms with van der Waals surface area (Å²) in [6, 6.07) is 8.29. The maximum absolute atomic E-state index is 11.6. The van der Waals surface area contributed by atoms with E-state index in [1.165, 1.54) is 0 Å². The average molecular weight is 259 g/mol. The van der Waals surface area contributed by atoms with Crippen LogP contribution in [-0.4, -0.2) is 18.4 Å². The van der Waals surface area contributed by atoms with Crippen LogP contribution in [0, 0.1) is 17.2 Å². The van der Waals surface area contributed by atoms with Gasteiger partial charge in [0.2, 0.25) is 0 Å². The van der Waals surface area contributed by atoms with Gasteiger partial charge >= 0.3 is 11.8 Å². The van der Waals surface area contributed by atoms with Crippen molar-refractivity contribution >= 4 is 17.5 Å². The number of hydrogen-bond donors (Lipinski definition) is 2. The summed E-state index contributed by atoms with van der Waals surface area (Å²) in [7, 11) is 0. The van der Waals surface area contributed by atoms with Crippen LogP contribution in [0.2, 0.25) is 0 Å². The molecule has 2 N–H and O–H groups in total. The molecule has 19 heavy (non-hydrogen) atoms. The van der Waals surface area contributed by atoms with E-state index in [1.807, 2.05) is 19.9 Å². The quantitative estimate of drug-likeness (QED) is 0.807. The van der Waals surface area contributed by atoms with Gasteiger partial charge in [-0.1, -0.05) is 13.8 Å². The third-order valence-corrected chi connectivity index (χ3v) is 2.49. The van der Waals surface area contributed by atoms with E-state index in [0.29, 0.717) is 23.7 Å². The molecule has 0 fully saturated rings. The number of carbonyl (C=O) groups excluding carboxylic acids is 2. The van der Waals surface area contributed by atoms with Crippen molar-refractivity contribution in [1.29, 1.82) is 5.26 Å². The molecular formula is C14H17N3O2. The second-order valence-electron chi connectivity index (χ2n) is 4.58. The number of anilines is 1. The van der Waals surface area contributed by atoms with Crippen molar-refractivity contribution < 1.29 is 9.59 Å². The second-order valence-corrected chi connectivity index (χ2v) is 4.58. The fraction of sp³-hybridized carbons (Fsp3) is 0.357. The summed E-state index contributed by atoms with van der Waals surface area (Å²) in [6.45, 7) is 4.57. The molecule has 1 aromatic carbocycles. The lowest BCUT2D eigenvalue weighted by atomic mass is 10.1. The van der Waals surface area contributed by atoms with Crippen molar-refractivity contribution in [1.82, 2.24) is 5.32 Å². The van der Waals surface area contributed by atoms with Crippen molar-refractivity contribution in [2.45, 2.75) is 20.3 Å². The van der Waals surface area contributed by atoms with Crippen LogP contribution in [0.5, 0.6) is 0 Å². The van der Waals surface area contributed by atoms with Gasteiger partial charge in [0.05, 0.1) is 11.6 Å². The molecular weight excluding hydrogens is 242 g/mol. The van der Waals surface area contributed by atoms with Gasteiger partial charge in [-0.25, -0.2) is 0 Å². The molecule has 0 aromatic heterocycles. The fourth-order valence-electron chi connectivity index (χ4n) is 1.37. The number of nitriles is 1. The highest BCUT2D eigenvalue weighted by molar-refractivity contribution is 6.39. The third kappa shape index (κ3) is 5.21. The molecule has 0 heterocycles. The molecule has 0 atom stereocenters. The first-order chi connectivity index (χ1) is 9.02. The first-order valence-electron chi connectivity index (χ1n) is 6.12. The molecule has 0 bridgehead atoms. The highest BCUT2D eigenvalue weighted by Gasteiger charge is 2.12. The van der Waals surface area contributed by atoms with Crippen LogP contribution in [-0.2, 0) is 9.59 Å². The third-order valence-electron chi connectivity index (χ3n) is 2.49. The Morgan fingerprint density at radius 1 is 1.21 bits per heavy atom. The Labute approximate surface area is 112 Å². The number of nitrogens with one attached hydrogen (secondary N) is 2. The topological polar surface area (TPSA) is 82.0 Å². The van der Waals surface area contributed by atoms with Gasteiger partial charge in [0.15, 0.2) is 0 Å². The lowest BCUT2D eigenvalue weighted by Gasteiger charge is -2.07. The molecule has 5 nitrogen and oxygen atoms in total. The molecule has 0 aliphatic rings. The smallest absolute Gasteiger partial charge is 0.313 e. The molecule has 0 aliphatic heterocycles. The Morgan fingerprint density at radius 3 is 2.37 bits per heavy atom. The number of amides is 2. The number of carbonyl (C=O) groups is 2. The van der Waals surface area contributed by atoms with Crippen molar-refractivity contribution in [2.24, 2.45) is 5.92 Å². The lowest BCUT2D eigenvalue weighted by Crippen LogP contribution is -2.36. The highest BCUT2D eigenvalue weighted by atomic mass is 16.2. The van der Waals surface area contributed by atoms with Crippen LogP contribution >= 0.6 is 0 Å². The Bertz CT molecular complexity index is 486. The zero-order chi connectivity index (χ0) is 14.3. The molecule has 1 rings (SSSR count). The maximum Gasteiger partial charge on any atom is 0.313 e. The van der Waals surface area contributed by atoms with Crippen molar-refractivity contribution in [3.05, 3.63) is 29.8 Å². The Morgan fingerprint density at radius 2 is 1.84 bits per heavy atom. The summed E-state index contributed by atoms with van der Waals surface area (Å²) in [6.07, 6.45) is 0.829. The molecule has 0 saturated carbocycles. The SMILES string of the molecule is CC(C)CCNC(=O)C(=O)Nc1ccc(C#N)cc1. The van der Waals surface area contributed by atoms with Gasteiger partial charge in [0.1, 0.15) is 0 Å². The number of rotatable bonds is 4. The van der Waals surface area contributed by atoms with E-state index in [-0.39, 0.29) is 0 Å². The van der Waals surface area contributed by atoms with Gasteiger partial charge in [-0.3, -0.25) is 9.59 Å². The van der Waals surface area contributed by atoms with Crippen LogP contribution in [0.1, 0.15) is 25.8 Å². The molecule has 100 valence electrons. The Kier molecular flexibility index (Phi) is 5.55. The molecule has 2 amide bonds. The van der Waals surface area contributed by atoms with Crippen molar-refractivity contribution in [2.75, 3.05) is 11.9 Å². The van der Waals surface area contributed by atoms with Gasteiger partial charge in [-0.05, 0) is 36.6 Å². The summed E-state index contributed by atoms with van der Waals surface area (Å²) in [4.78, 5) is 23.0. The summed E-state index contributed by atoms with van der Waals surface area (Å²) in [5, 5.41) is 13.7. The summed E-state index contributed by atoms with van der Waals surface area (Å²) in [5.41, 5.74) is 0.988. The predicted octanol–water partition coefficient (Wildman–Crippen LogP) is 1.66. The number of benzene rings is 1. The largest absolute Gasteiger partial charge is 0.348 e. The molecule has 0 saturated heterocycles. The van der Waals surface area contributed by atoms with Gasteiger partial charge < -0.3 is 10.6 Å². The summed E-state index contributed by atoms with van der Waals surface area (Å²) in [5.74, 6) is -0.875. The van der Waals surface area contributed by atoms with Gasteiger partial charge in [0, 0.05) is 12.2 Å². The number of hydrogen-bond acceptors (Lipinski definition) is 3. The predicted molar refractivity (Wildman–Crippen MR) is 72.3 cm³/mol. The minimum Gasteiger partial charge on any atom is -0.348 e. The highest BCUT2D eigenvalue weighted by Crippen LogP contribution is 2.08. The monoisotopic (exact) mass is 259 g/mol. The van der Waals surface area contributed by atoms with Crippen molar-refractivity contribution in [3.8, 4) is 6.07 Å². The lowest BCUT2D eigenvalue weighted by molar-refractivity contribution is -0.136. The minimum absolute atomic E-state index is 0.474. The van der Waals surface area contributed by atoms with Crippen LogP contribution < -0.4 is 10.6 Å². The van der Waals surface area contributed by atoms with Crippen LogP contribution in [0.4, 0.5) is 5.69 Å². The normalized spacial score (nSPS) is 9.79. The molecule has 0 aliphatic carbocycles. The van der Waals surface area contributed by atoms with Crippen molar-refractivity contribution in [3.63, 3.8) is 0 Å². The number of nitrogens with zero attached hydrogens (tertiary/aromatic N) is 1. The molecule has 0 unspecified atom stereocenters. The van der Waals surface area contributed by atoms with E-state index in [0.717, 1.165) is 6.42 Å². The van der Waals surface area contributed by atoms with Crippen LogP contribution in [0.3, 0.4) is 0 Å². The van der Waals surface area contributed by atoms with Gasteiger partial charge in [0.25, 0.3) is 0 Å². The Hall–Kier alpha value is -2.35.